The van der Waals surface area contributed by atoms with Crippen LogP contribution < -0.4 is 0 Å². The molecule has 4 nitrogen and oxygen atoms in total. The lowest BCUT2D eigenvalue weighted by molar-refractivity contribution is -0.281. The molecular formula is C18H30O4. The Hall–Kier alpha value is -1.39. The maximum atomic E-state index is 10.2. The van der Waals surface area contributed by atoms with Crippen LogP contribution in [0.5, 0.6) is 0 Å². The molecule has 0 aromatic heterocycles. The summed E-state index contributed by atoms with van der Waals surface area (Å²) in [4.78, 5) is 14.7. The van der Waals surface area contributed by atoms with Gasteiger partial charge in [0.15, 0.2) is 0 Å². The third-order valence-corrected chi connectivity index (χ3v) is 3.38. The van der Waals surface area contributed by atoms with E-state index in [1.165, 1.54) is 18.9 Å². The Kier molecular flexibility index (Phi) is 15.0. The number of unbranched alkanes of at least 4 members (excludes halogenated alkanes) is 5. The van der Waals surface area contributed by atoms with Crippen LogP contribution in [0, 0.1) is 0 Å². The monoisotopic (exact) mass is 310 g/mol. The number of carboxylic acids is 1. The first-order chi connectivity index (χ1) is 10.7. The van der Waals surface area contributed by atoms with E-state index < -0.39 is 5.97 Å². The summed E-state index contributed by atoms with van der Waals surface area (Å²) in [6.45, 7) is 2.17. The Bertz CT molecular complexity index is 345. The summed E-state index contributed by atoms with van der Waals surface area (Å²) >= 11 is 0. The molecule has 126 valence electrons. The summed E-state index contributed by atoms with van der Waals surface area (Å²) in [6.07, 6.45) is 19.8. The Labute approximate surface area is 134 Å². The van der Waals surface area contributed by atoms with Gasteiger partial charge < -0.3 is 5.11 Å². The molecule has 0 radical (unpaired) electrons. The SMILES string of the molecule is CCCCCC(CCCCC/C=C/C=C/C=C/C(=O)O)OO. The number of allylic oxidation sites excluding steroid dienone is 5. The van der Waals surface area contributed by atoms with E-state index in [0.717, 1.165) is 51.0 Å². The maximum absolute atomic E-state index is 10.2. The van der Waals surface area contributed by atoms with Crippen LogP contribution in [0.3, 0.4) is 0 Å². The molecule has 0 aliphatic rings. The highest BCUT2D eigenvalue weighted by molar-refractivity contribution is 5.80. The summed E-state index contributed by atoms with van der Waals surface area (Å²) in [5, 5.41) is 17.2. The fraction of sp³-hybridized carbons (Fsp3) is 0.611. The zero-order valence-electron chi connectivity index (χ0n) is 13.6. The van der Waals surface area contributed by atoms with Crippen molar-refractivity contribution >= 4 is 5.97 Å². The van der Waals surface area contributed by atoms with Crippen molar-refractivity contribution in [2.45, 2.75) is 70.8 Å². The lowest BCUT2D eigenvalue weighted by atomic mass is 10.0. The molecule has 0 spiro atoms. The average molecular weight is 310 g/mol. The van der Waals surface area contributed by atoms with Gasteiger partial charge in [0.05, 0.1) is 6.10 Å². The van der Waals surface area contributed by atoms with Crippen molar-refractivity contribution in [1.82, 2.24) is 0 Å². The van der Waals surface area contributed by atoms with E-state index in [0.29, 0.717) is 0 Å². The van der Waals surface area contributed by atoms with Crippen molar-refractivity contribution < 1.29 is 20.0 Å². The normalized spacial score (nSPS) is 13.5. The van der Waals surface area contributed by atoms with Crippen molar-refractivity contribution in [2.24, 2.45) is 0 Å². The van der Waals surface area contributed by atoms with Crippen LogP contribution in [0.25, 0.3) is 0 Å². The van der Waals surface area contributed by atoms with E-state index in [2.05, 4.69) is 17.9 Å². The van der Waals surface area contributed by atoms with Gasteiger partial charge in [-0.05, 0) is 25.7 Å². The summed E-state index contributed by atoms with van der Waals surface area (Å²) in [5.74, 6) is -0.937. The van der Waals surface area contributed by atoms with Crippen molar-refractivity contribution in [1.29, 1.82) is 0 Å². The third-order valence-electron chi connectivity index (χ3n) is 3.38. The second-order valence-corrected chi connectivity index (χ2v) is 5.37. The molecule has 0 saturated heterocycles. The minimum atomic E-state index is -0.937. The molecule has 0 amide bonds. The predicted octanol–water partition coefficient (Wildman–Crippen LogP) is 5.13. The first kappa shape index (κ1) is 20.6. The Morgan fingerprint density at radius 1 is 1.00 bits per heavy atom. The average Bonchev–Trinajstić information content (AvgIpc) is 2.50. The van der Waals surface area contributed by atoms with Gasteiger partial charge in [-0.25, -0.2) is 9.68 Å². The summed E-state index contributed by atoms with van der Waals surface area (Å²) in [5.41, 5.74) is 0. The van der Waals surface area contributed by atoms with Crippen molar-refractivity contribution in [3.63, 3.8) is 0 Å². The van der Waals surface area contributed by atoms with Crippen LogP contribution in [-0.2, 0) is 9.68 Å². The van der Waals surface area contributed by atoms with E-state index in [1.807, 2.05) is 12.2 Å². The molecule has 0 aliphatic heterocycles. The second kappa shape index (κ2) is 16.0. The van der Waals surface area contributed by atoms with E-state index in [1.54, 1.807) is 6.08 Å². The van der Waals surface area contributed by atoms with Crippen LogP contribution in [-0.4, -0.2) is 22.4 Å². The molecule has 0 aliphatic carbocycles. The zero-order valence-corrected chi connectivity index (χ0v) is 13.6. The Balaban J connectivity index is 3.53. The van der Waals surface area contributed by atoms with Gasteiger partial charge in [0, 0.05) is 6.08 Å². The molecule has 0 heterocycles. The first-order valence-corrected chi connectivity index (χ1v) is 8.23. The number of hydrogen-bond donors (Lipinski definition) is 2. The summed E-state index contributed by atoms with van der Waals surface area (Å²) in [7, 11) is 0. The van der Waals surface area contributed by atoms with Gasteiger partial charge in [-0.3, -0.25) is 5.26 Å². The number of rotatable bonds is 14. The van der Waals surface area contributed by atoms with E-state index in [4.69, 9.17) is 10.4 Å². The standard InChI is InChI=1S/C18H30O4/c1-2-3-11-14-17(22-21)15-12-9-7-5-4-6-8-10-13-16-18(19)20/h4,6,8,10,13,16-17,21H,2-3,5,7,9,11-12,14-15H2,1H3,(H,19,20)/b6-4+,10-8+,16-13+. The highest BCUT2D eigenvalue weighted by Gasteiger charge is 2.07. The van der Waals surface area contributed by atoms with Crippen LogP contribution in [0.4, 0.5) is 0 Å². The molecule has 0 bridgehead atoms. The Morgan fingerprint density at radius 2 is 1.68 bits per heavy atom. The molecule has 1 unspecified atom stereocenters. The van der Waals surface area contributed by atoms with Gasteiger partial charge >= 0.3 is 5.97 Å². The fourth-order valence-corrected chi connectivity index (χ4v) is 2.12. The molecule has 0 aromatic carbocycles. The highest BCUT2D eigenvalue weighted by atomic mass is 17.1. The lowest BCUT2D eigenvalue weighted by Gasteiger charge is -2.12. The van der Waals surface area contributed by atoms with Gasteiger partial charge in [0.2, 0.25) is 0 Å². The molecular weight excluding hydrogens is 280 g/mol. The molecule has 0 saturated carbocycles. The van der Waals surface area contributed by atoms with Gasteiger partial charge in [-0.2, -0.15) is 0 Å². The molecule has 0 rings (SSSR count). The van der Waals surface area contributed by atoms with Crippen LogP contribution >= 0.6 is 0 Å². The van der Waals surface area contributed by atoms with Crippen LogP contribution in [0.2, 0.25) is 0 Å². The molecule has 0 fully saturated rings. The van der Waals surface area contributed by atoms with Crippen LogP contribution in [0.1, 0.15) is 64.7 Å². The van der Waals surface area contributed by atoms with Crippen molar-refractivity contribution in [3.8, 4) is 0 Å². The van der Waals surface area contributed by atoms with Crippen molar-refractivity contribution in [3.05, 3.63) is 36.5 Å². The summed E-state index contributed by atoms with van der Waals surface area (Å²) in [6, 6.07) is 0. The molecule has 4 heteroatoms. The number of carbonyl (C=O) groups is 1. The first-order valence-electron chi connectivity index (χ1n) is 8.23. The quantitative estimate of drug-likeness (QED) is 0.153. The minimum absolute atomic E-state index is 0.00829. The smallest absolute Gasteiger partial charge is 0.328 e. The number of aliphatic carboxylic acids is 1. The number of carboxylic acid groups (broad SMARTS) is 1. The maximum Gasteiger partial charge on any atom is 0.328 e. The zero-order chi connectivity index (χ0) is 16.5. The van der Waals surface area contributed by atoms with Gasteiger partial charge in [0.1, 0.15) is 0 Å². The fourth-order valence-electron chi connectivity index (χ4n) is 2.12. The third kappa shape index (κ3) is 15.0. The second-order valence-electron chi connectivity index (χ2n) is 5.37. The van der Waals surface area contributed by atoms with Gasteiger partial charge in [0.25, 0.3) is 0 Å². The van der Waals surface area contributed by atoms with E-state index in [9.17, 15) is 4.79 Å². The minimum Gasteiger partial charge on any atom is -0.478 e. The Morgan fingerprint density at radius 3 is 2.32 bits per heavy atom. The topological polar surface area (TPSA) is 66.8 Å². The lowest BCUT2D eigenvalue weighted by Crippen LogP contribution is -2.10. The number of hydrogen-bond acceptors (Lipinski definition) is 3. The molecule has 2 N–H and O–H groups in total. The van der Waals surface area contributed by atoms with Gasteiger partial charge in [-0.1, -0.05) is 69.4 Å². The van der Waals surface area contributed by atoms with E-state index >= 15 is 0 Å². The van der Waals surface area contributed by atoms with E-state index in [-0.39, 0.29) is 6.10 Å². The molecule has 1 atom stereocenters. The predicted molar refractivity (Wildman–Crippen MR) is 89.8 cm³/mol. The molecule has 22 heavy (non-hydrogen) atoms. The van der Waals surface area contributed by atoms with Crippen molar-refractivity contribution in [2.75, 3.05) is 0 Å². The van der Waals surface area contributed by atoms with Crippen LogP contribution in [0.15, 0.2) is 36.5 Å². The highest BCUT2D eigenvalue weighted by Crippen LogP contribution is 2.14. The largest absolute Gasteiger partial charge is 0.478 e. The summed E-state index contributed by atoms with van der Waals surface area (Å²) < 4.78 is 0. The van der Waals surface area contributed by atoms with Gasteiger partial charge in [-0.15, -0.1) is 0 Å². The molecule has 0 aromatic rings.